The van der Waals surface area contributed by atoms with Crippen molar-refractivity contribution in [2.24, 2.45) is 0 Å². The van der Waals surface area contributed by atoms with E-state index in [9.17, 15) is 9.90 Å². The minimum absolute atomic E-state index is 0.572. The summed E-state index contributed by atoms with van der Waals surface area (Å²) >= 11 is 0. The zero-order valence-corrected chi connectivity index (χ0v) is 12.1. The van der Waals surface area contributed by atoms with Crippen molar-refractivity contribution in [3.05, 3.63) is 35.4 Å². The topological polar surface area (TPSA) is 49.8 Å². The Morgan fingerprint density at radius 2 is 2.00 bits per heavy atom. The Morgan fingerprint density at radius 3 is 2.53 bits per heavy atom. The van der Waals surface area contributed by atoms with Crippen LogP contribution in [0.25, 0.3) is 0 Å². The Labute approximate surface area is 115 Å². The molecule has 0 amide bonds. The van der Waals surface area contributed by atoms with Crippen LogP contribution in [0, 0.1) is 0 Å². The number of likely N-dealkylation sites (N-methyl/N-ethyl adjacent to an activating group) is 1. The summed E-state index contributed by atoms with van der Waals surface area (Å²) in [6, 6.07) is 8.06. The van der Waals surface area contributed by atoms with Gasteiger partial charge in [-0.1, -0.05) is 31.2 Å². The van der Waals surface area contributed by atoms with Crippen molar-refractivity contribution in [2.45, 2.75) is 39.5 Å². The van der Waals surface area contributed by atoms with Crippen molar-refractivity contribution in [2.75, 3.05) is 13.7 Å². The second-order valence-electron chi connectivity index (χ2n) is 5.13. The van der Waals surface area contributed by atoms with E-state index in [1.165, 1.54) is 0 Å². The number of nitrogens with zero attached hydrogens (tertiary/aromatic N) is 1. The van der Waals surface area contributed by atoms with Crippen molar-refractivity contribution in [1.29, 1.82) is 0 Å². The van der Waals surface area contributed by atoms with Crippen LogP contribution in [0.15, 0.2) is 24.3 Å². The molecule has 0 aliphatic heterocycles. The molecule has 0 aliphatic carbocycles. The summed E-state index contributed by atoms with van der Waals surface area (Å²) in [6.45, 7) is 7.32. The van der Waals surface area contributed by atoms with Gasteiger partial charge in [0.05, 0.1) is 6.61 Å². The van der Waals surface area contributed by atoms with Gasteiger partial charge in [0.15, 0.2) is 0 Å². The molecule has 19 heavy (non-hydrogen) atoms. The number of carbonyl (C=O) groups is 1. The van der Waals surface area contributed by atoms with Gasteiger partial charge >= 0.3 is 5.97 Å². The van der Waals surface area contributed by atoms with E-state index in [2.05, 4.69) is 6.07 Å². The summed E-state index contributed by atoms with van der Waals surface area (Å²) in [6.07, 6.45) is 0. The number of rotatable bonds is 7. The van der Waals surface area contributed by atoms with Gasteiger partial charge in [0.2, 0.25) is 0 Å². The first-order valence-electron chi connectivity index (χ1n) is 6.47. The summed E-state index contributed by atoms with van der Waals surface area (Å²) in [5.74, 6) is -0.803. The lowest BCUT2D eigenvalue weighted by atomic mass is 10.0. The lowest BCUT2D eigenvalue weighted by Gasteiger charge is -2.34. The molecular weight excluding hydrogens is 242 g/mol. The summed E-state index contributed by atoms with van der Waals surface area (Å²) in [5.41, 5.74) is 1.33. The average Bonchev–Trinajstić information content (AvgIpc) is 2.36. The third kappa shape index (κ3) is 4.04. The molecule has 0 atom stereocenters. The largest absolute Gasteiger partial charge is 0.480 e. The smallest absolute Gasteiger partial charge is 0.323 e. The molecule has 106 valence electrons. The van der Waals surface area contributed by atoms with Crippen molar-refractivity contribution in [1.82, 2.24) is 4.90 Å². The third-order valence-electron chi connectivity index (χ3n) is 3.37. The fourth-order valence-electron chi connectivity index (χ4n) is 2.04. The highest BCUT2D eigenvalue weighted by molar-refractivity contribution is 5.77. The molecule has 4 nitrogen and oxygen atoms in total. The third-order valence-corrected chi connectivity index (χ3v) is 3.37. The fourth-order valence-corrected chi connectivity index (χ4v) is 2.04. The zero-order chi connectivity index (χ0) is 14.5. The number of hydrogen-bond acceptors (Lipinski definition) is 3. The molecule has 0 fully saturated rings. The van der Waals surface area contributed by atoms with Gasteiger partial charge in [0, 0.05) is 13.7 Å². The first kappa shape index (κ1) is 15.7. The molecule has 4 heteroatoms. The molecule has 1 rings (SSSR count). The van der Waals surface area contributed by atoms with E-state index in [4.69, 9.17) is 4.74 Å². The quantitative estimate of drug-likeness (QED) is 0.823. The van der Waals surface area contributed by atoms with Crippen LogP contribution in [-0.4, -0.2) is 35.2 Å². The maximum Gasteiger partial charge on any atom is 0.323 e. The molecule has 0 saturated heterocycles. The van der Waals surface area contributed by atoms with Crippen LogP contribution in [0.2, 0.25) is 0 Å². The molecule has 0 aromatic heterocycles. The number of benzene rings is 1. The minimum Gasteiger partial charge on any atom is -0.480 e. The summed E-state index contributed by atoms with van der Waals surface area (Å²) in [5, 5.41) is 9.30. The van der Waals surface area contributed by atoms with Crippen molar-refractivity contribution in [3.8, 4) is 0 Å². The van der Waals surface area contributed by atoms with Crippen LogP contribution in [0.4, 0.5) is 0 Å². The molecule has 1 aromatic rings. The second-order valence-corrected chi connectivity index (χ2v) is 5.13. The lowest BCUT2D eigenvalue weighted by Crippen LogP contribution is -2.49. The normalized spacial score (nSPS) is 11.8. The highest BCUT2D eigenvalue weighted by Crippen LogP contribution is 2.18. The lowest BCUT2D eigenvalue weighted by molar-refractivity contribution is -0.149. The molecule has 0 spiro atoms. The van der Waals surface area contributed by atoms with Crippen LogP contribution >= 0.6 is 0 Å². The molecule has 0 saturated carbocycles. The van der Waals surface area contributed by atoms with Crippen LogP contribution in [0.3, 0.4) is 0 Å². The molecule has 0 aliphatic rings. The van der Waals surface area contributed by atoms with Gasteiger partial charge in [0.1, 0.15) is 5.54 Å². The molecule has 0 radical (unpaired) electrons. The van der Waals surface area contributed by atoms with Gasteiger partial charge in [-0.2, -0.15) is 0 Å². The highest BCUT2D eigenvalue weighted by atomic mass is 16.5. The van der Waals surface area contributed by atoms with Gasteiger partial charge in [0.25, 0.3) is 0 Å². The number of hydrogen-bond donors (Lipinski definition) is 1. The van der Waals surface area contributed by atoms with Crippen LogP contribution < -0.4 is 0 Å². The second kappa shape index (κ2) is 6.68. The van der Waals surface area contributed by atoms with Gasteiger partial charge in [-0.05, 0) is 31.5 Å². The van der Waals surface area contributed by atoms with E-state index >= 15 is 0 Å². The predicted octanol–water partition coefficient (Wildman–Crippen LogP) is 2.52. The number of ether oxygens (including phenoxy) is 1. The Morgan fingerprint density at radius 1 is 1.37 bits per heavy atom. The van der Waals surface area contributed by atoms with Crippen molar-refractivity contribution < 1.29 is 14.6 Å². The molecule has 1 N–H and O–H groups in total. The molecule has 1 aromatic carbocycles. The number of aliphatic carboxylic acids is 1. The first-order chi connectivity index (χ1) is 8.91. The number of methoxy groups -OCH3 is 1. The zero-order valence-electron chi connectivity index (χ0n) is 12.1. The first-order valence-corrected chi connectivity index (χ1v) is 6.47. The SMILES string of the molecule is CCN(Cc1cccc(COC)c1)C(C)(C)C(=O)O. The van der Waals surface area contributed by atoms with Crippen LogP contribution in [-0.2, 0) is 22.7 Å². The van der Waals surface area contributed by atoms with Crippen molar-refractivity contribution >= 4 is 5.97 Å². The minimum atomic E-state index is -0.869. The average molecular weight is 265 g/mol. The fraction of sp³-hybridized carbons (Fsp3) is 0.533. The Hall–Kier alpha value is -1.39. The summed E-state index contributed by atoms with van der Waals surface area (Å²) < 4.78 is 5.11. The van der Waals surface area contributed by atoms with E-state index in [1.54, 1.807) is 21.0 Å². The maximum atomic E-state index is 11.3. The Kier molecular flexibility index (Phi) is 5.51. The molecule has 0 heterocycles. The molecular formula is C15H23NO3. The predicted molar refractivity (Wildman–Crippen MR) is 75.0 cm³/mol. The van der Waals surface area contributed by atoms with Crippen LogP contribution in [0.5, 0.6) is 0 Å². The van der Waals surface area contributed by atoms with Crippen molar-refractivity contribution in [3.63, 3.8) is 0 Å². The molecule has 0 unspecified atom stereocenters. The summed E-state index contributed by atoms with van der Waals surface area (Å²) in [7, 11) is 1.67. The van der Waals surface area contributed by atoms with Gasteiger partial charge in [-0.15, -0.1) is 0 Å². The monoisotopic (exact) mass is 265 g/mol. The number of carboxylic acids is 1. The maximum absolute atomic E-state index is 11.3. The van der Waals surface area contributed by atoms with Gasteiger partial charge in [-0.3, -0.25) is 9.69 Å². The summed E-state index contributed by atoms with van der Waals surface area (Å²) in [4.78, 5) is 13.3. The standard InChI is InChI=1S/C15H23NO3/c1-5-16(15(2,3)14(17)18)10-12-7-6-8-13(9-12)11-19-4/h6-9H,5,10-11H2,1-4H3,(H,17,18). The van der Waals surface area contributed by atoms with E-state index in [0.717, 1.165) is 11.1 Å². The Bertz CT molecular complexity index is 429. The number of carboxylic acid groups (broad SMARTS) is 1. The van der Waals surface area contributed by atoms with E-state index in [-0.39, 0.29) is 0 Å². The van der Waals surface area contributed by atoms with Crippen LogP contribution in [0.1, 0.15) is 31.9 Å². The highest BCUT2D eigenvalue weighted by Gasteiger charge is 2.33. The van der Waals surface area contributed by atoms with Gasteiger partial charge in [-0.25, -0.2) is 0 Å². The van der Waals surface area contributed by atoms with E-state index in [1.807, 2.05) is 30.0 Å². The van der Waals surface area contributed by atoms with Gasteiger partial charge < -0.3 is 9.84 Å². The molecule has 0 bridgehead atoms. The van der Waals surface area contributed by atoms with E-state index in [0.29, 0.717) is 19.7 Å². The Balaban J connectivity index is 2.87. The van der Waals surface area contributed by atoms with E-state index < -0.39 is 11.5 Å².